The highest BCUT2D eigenvalue weighted by atomic mass is 16.5. The molecule has 1 heteroatoms. The van der Waals surface area contributed by atoms with Crippen LogP contribution in [0.5, 0.6) is 0 Å². The smallest absolute Gasteiger partial charge is 0.0603 e. The second-order valence-corrected chi connectivity index (χ2v) is 8.75. The Morgan fingerprint density at radius 1 is 0.391 bits per heavy atom. The van der Waals surface area contributed by atoms with E-state index >= 15 is 0 Å². The predicted molar refractivity (Wildman–Crippen MR) is 98.7 cm³/mol. The third-order valence-electron chi connectivity index (χ3n) is 7.11. The van der Waals surface area contributed by atoms with E-state index in [0.29, 0.717) is 6.10 Å². The predicted octanol–water partition coefficient (Wildman–Crippen LogP) is 6.89. The highest BCUT2D eigenvalue weighted by molar-refractivity contribution is 4.78. The first-order valence-electron chi connectivity index (χ1n) is 11.0. The molecule has 4 unspecified atom stereocenters. The molecular weight excluding hydrogens is 280 g/mol. The van der Waals surface area contributed by atoms with Gasteiger partial charge in [-0.05, 0) is 49.9 Å². The Labute approximate surface area is 144 Å². The molecule has 0 aromatic rings. The maximum absolute atomic E-state index is 6.40. The van der Waals surface area contributed by atoms with Crippen LogP contribution in [-0.4, -0.2) is 12.7 Å². The van der Waals surface area contributed by atoms with Crippen molar-refractivity contribution < 1.29 is 4.74 Å². The molecule has 3 aliphatic rings. The minimum absolute atomic E-state index is 0.607. The first-order valence-corrected chi connectivity index (χ1v) is 11.0. The summed E-state index contributed by atoms with van der Waals surface area (Å²) in [5.74, 6) is 2.97. The topological polar surface area (TPSA) is 9.23 Å². The quantitative estimate of drug-likeness (QED) is 0.472. The second-order valence-electron chi connectivity index (χ2n) is 8.75. The van der Waals surface area contributed by atoms with Gasteiger partial charge < -0.3 is 4.74 Å². The Balaban J connectivity index is 1.51. The minimum Gasteiger partial charge on any atom is -0.378 e. The lowest BCUT2D eigenvalue weighted by atomic mass is 9.74. The molecule has 1 saturated heterocycles. The highest BCUT2D eigenvalue weighted by Crippen LogP contribution is 2.37. The molecule has 134 valence electrons. The maximum atomic E-state index is 6.40. The number of hydrogen-bond donors (Lipinski definition) is 0. The van der Waals surface area contributed by atoms with Crippen LogP contribution in [0.25, 0.3) is 0 Å². The average Bonchev–Trinajstić information content (AvgIpc) is 2.60. The first kappa shape index (κ1) is 17.8. The van der Waals surface area contributed by atoms with E-state index in [4.69, 9.17) is 4.74 Å². The summed E-state index contributed by atoms with van der Waals surface area (Å²) >= 11 is 0. The van der Waals surface area contributed by atoms with Crippen molar-refractivity contribution in [2.75, 3.05) is 6.61 Å². The van der Waals surface area contributed by atoms with Crippen LogP contribution in [0.4, 0.5) is 0 Å². The number of hydrogen-bond acceptors (Lipinski definition) is 1. The molecule has 0 aromatic carbocycles. The van der Waals surface area contributed by atoms with Gasteiger partial charge in [0.1, 0.15) is 0 Å². The molecule has 1 heterocycles. The van der Waals surface area contributed by atoms with Crippen molar-refractivity contribution in [3.63, 3.8) is 0 Å². The summed E-state index contributed by atoms with van der Waals surface area (Å²) < 4.78 is 6.40. The third-order valence-corrected chi connectivity index (χ3v) is 7.11. The largest absolute Gasteiger partial charge is 0.378 e. The molecule has 0 amide bonds. The molecule has 0 aromatic heterocycles. The molecule has 1 aliphatic heterocycles. The molecular formula is C22H40O. The molecule has 3 rings (SSSR count). The van der Waals surface area contributed by atoms with E-state index < -0.39 is 0 Å². The molecule has 23 heavy (non-hydrogen) atoms. The highest BCUT2D eigenvalue weighted by Gasteiger charge is 2.27. The standard InChI is InChI=1S/C22H40O/c1-2-4-11-19-12-6-7-13-20(19)16-10-18-23-22-17-9-8-15-21(22)14-5-3-1/h19-22H,1-18H2. The summed E-state index contributed by atoms with van der Waals surface area (Å²) in [7, 11) is 0. The Morgan fingerprint density at radius 2 is 0.826 bits per heavy atom. The fourth-order valence-corrected chi connectivity index (χ4v) is 5.69. The van der Waals surface area contributed by atoms with Gasteiger partial charge in [0.2, 0.25) is 0 Å². The van der Waals surface area contributed by atoms with Gasteiger partial charge >= 0.3 is 0 Å². The molecule has 0 bridgehead atoms. The molecule has 0 spiro atoms. The van der Waals surface area contributed by atoms with Crippen LogP contribution in [-0.2, 0) is 4.74 Å². The Morgan fingerprint density at radius 3 is 1.48 bits per heavy atom. The second kappa shape index (κ2) is 10.1. The average molecular weight is 321 g/mol. The van der Waals surface area contributed by atoms with E-state index in [1.54, 1.807) is 0 Å². The van der Waals surface area contributed by atoms with Gasteiger partial charge in [0.25, 0.3) is 0 Å². The van der Waals surface area contributed by atoms with Crippen molar-refractivity contribution in [1.82, 2.24) is 0 Å². The fourth-order valence-electron chi connectivity index (χ4n) is 5.69. The van der Waals surface area contributed by atoms with Crippen LogP contribution >= 0.6 is 0 Å². The molecule has 4 atom stereocenters. The molecule has 3 fully saturated rings. The van der Waals surface area contributed by atoms with Crippen LogP contribution < -0.4 is 0 Å². The summed E-state index contributed by atoms with van der Waals surface area (Å²) in [6.45, 7) is 1.05. The van der Waals surface area contributed by atoms with Crippen molar-refractivity contribution in [2.24, 2.45) is 17.8 Å². The summed E-state index contributed by atoms with van der Waals surface area (Å²) in [4.78, 5) is 0. The Hall–Kier alpha value is -0.0400. The summed E-state index contributed by atoms with van der Waals surface area (Å²) in [5.41, 5.74) is 0. The van der Waals surface area contributed by atoms with Crippen molar-refractivity contribution >= 4 is 0 Å². The zero-order chi connectivity index (χ0) is 15.7. The van der Waals surface area contributed by atoms with E-state index in [9.17, 15) is 0 Å². The van der Waals surface area contributed by atoms with E-state index in [2.05, 4.69) is 0 Å². The Kier molecular flexibility index (Phi) is 7.78. The van der Waals surface area contributed by atoms with E-state index in [0.717, 1.165) is 24.4 Å². The van der Waals surface area contributed by atoms with Crippen LogP contribution in [0, 0.1) is 17.8 Å². The number of fused-ring (bicyclic) bond motifs is 2. The molecule has 1 nitrogen and oxygen atoms in total. The van der Waals surface area contributed by atoms with Crippen molar-refractivity contribution in [3.8, 4) is 0 Å². The van der Waals surface area contributed by atoms with Crippen LogP contribution in [0.15, 0.2) is 0 Å². The van der Waals surface area contributed by atoms with Gasteiger partial charge in [-0.25, -0.2) is 0 Å². The zero-order valence-electron chi connectivity index (χ0n) is 15.4. The normalized spacial score (nSPS) is 38.6. The van der Waals surface area contributed by atoms with E-state index in [1.807, 2.05) is 0 Å². The third kappa shape index (κ3) is 5.76. The number of ether oxygens (including phenoxy) is 1. The van der Waals surface area contributed by atoms with Crippen molar-refractivity contribution in [3.05, 3.63) is 0 Å². The van der Waals surface area contributed by atoms with Gasteiger partial charge in [0, 0.05) is 6.61 Å². The minimum atomic E-state index is 0.607. The summed E-state index contributed by atoms with van der Waals surface area (Å²) in [5, 5.41) is 0. The van der Waals surface area contributed by atoms with Crippen molar-refractivity contribution in [1.29, 1.82) is 0 Å². The number of rotatable bonds is 0. The van der Waals surface area contributed by atoms with Gasteiger partial charge in [0.15, 0.2) is 0 Å². The fraction of sp³-hybridized carbons (Fsp3) is 1.00. The van der Waals surface area contributed by atoms with Crippen molar-refractivity contribution in [2.45, 2.75) is 115 Å². The van der Waals surface area contributed by atoms with Gasteiger partial charge in [-0.1, -0.05) is 77.0 Å². The van der Waals surface area contributed by atoms with E-state index in [-0.39, 0.29) is 0 Å². The monoisotopic (exact) mass is 320 g/mol. The van der Waals surface area contributed by atoms with Gasteiger partial charge in [-0.2, -0.15) is 0 Å². The van der Waals surface area contributed by atoms with Gasteiger partial charge in [0.05, 0.1) is 6.10 Å². The van der Waals surface area contributed by atoms with Gasteiger partial charge in [-0.3, -0.25) is 0 Å². The lowest BCUT2D eigenvalue weighted by Crippen LogP contribution is -2.28. The van der Waals surface area contributed by atoms with Gasteiger partial charge in [-0.15, -0.1) is 0 Å². The van der Waals surface area contributed by atoms with Crippen LogP contribution in [0.3, 0.4) is 0 Å². The molecule has 0 radical (unpaired) electrons. The van der Waals surface area contributed by atoms with Crippen LogP contribution in [0.2, 0.25) is 0 Å². The van der Waals surface area contributed by atoms with E-state index in [1.165, 1.54) is 109 Å². The summed E-state index contributed by atoms with van der Waals surface area (Å²) in [6, 6.07) is 0. The maximum Gasteiger partial charge on any atom is 0.0603 e. The molecule has 2 aliphatic carbocycles. The summed E-state index contributed by atoms with van der Waals surface area (Å²) in [6.07, 6.45) is 25.4. The molecule has 2 saturated carbocycles. The lowest BCUT2D eigenvalue weighted by molar-refractivity contribution is -0.0176. The Bertz CT molecular complexity index is 283. The SMILES string of the molecule is C1CCCC2CCCCC2CCCOC2CCCCC2CCC1. The molecule has 0 N–H and O–H groups in total. The lowest BCUT2D eigenvalue weighted by Gasteiger charge is -2.33. The van der Waals surface area contributed by atoms with Crippen LogP contribution in [0.1, 0.15) is 109 Å². The zero-order valence-corrected chi connectivity index (χ0v) is 15.4. The first-order chi connectivity index (χ1) is 11.4.